The number of hydrogen-bond acceptors (Lipinski definition) is 4. The van der Waals surface area contributed by atoms with Gasteiger partial charge in [0.05, 0.1) is 7.11 Å². The smallest absolute Gasteiger partial charge is 0.223 e. The fourth-order valence-electron chi connectivity index (χ4n) is 4.52. The molecule has 0 bridgehead atoms. The number of para-hydroxylation sites is 1. The normalized spacial score (nSPS) is 14.9. The summed E-state index contributed by atoms with van der Waals surface area (Å²) < 4.78 is 5.44. The highest BCUT2D eigenvalue weighted by molar-refractivity contribution is 5.77. The molecule has 1 heterocycles. The van der Waals surface area contributed by atoms with Gasteiger partial charge in [0.15, 0.2) is 0 Å². The Kier molecular flexibility index (Phi) is 13.0. The molecule has 0 radical (unpaired) electrons. The molecule has 1 aliphatic rings. The zero-order valence-corrected chi connectivity index (χ0v) is 23.4. The minimum Gasteiger partial charge on any atom is -0.496 e. The summed E-state index contributed by atoms with van der Waals surface area (Å²) in [6.07, 6.45) is 11.2. The first-order chi connectivity index (χ1) is 17.2. The highest BCUT2D eigenvalue weighted by atomic mass is 16.5. The van der Waals surface area contributed by atoms with Crippen LogP contribution in [0.1, 0.15) is 78.2 Å². The van der Waals surface area contributed by atoms with Crippen LogP contribution in [-0.2, 0) is 9.59 Å². The lowest BCUT2D eigenvalue weighted by Gasteiger charge is -2.36. The van der Waals surface area contributed by atoms with Gasteiger partial charge in [-0.25, -0.2) is 0 Å². The van der Waals surface area contributed by atoms with Crippen molar-refractivity contribution < 1.29 is 14.3 Å². The number of carbonyl (C=O) groups excluding carboxylic acids is 2. The van der Waals surface area contributed by atoms with Gasteiger partial charge in [0.2, 0.25) is 11.8 Å². The first-order valence-corrected chi connectivity index (χ1v) is 13.8. The van der Waals surface area contributed by atoms with Crippen LogP contribution >= 0.6 is 0 Å². The maximum absolute atomic E-state index is 13.1. The largest absolute Gasteiger partial charge is 0.496 e. The molecule has 2 amide bonds. The third-order valence-electron chi connectivity index (χ3n) is 6.70. The third-order valence-corrected chi connectivity index (χ3v) is 6.70. The van der Waals surface area contributed by atoms with E-state index in [-0.39, 0.29) is 11.3 Å². The predicted molar refractivity (Wildman–Crippen MR) is 149 cm³/mol. The van der Waals surface area contributed by atoms with E-state index in [0.29, 0.717) is 31.8 Å². The molecule has 0 N–H and O–H groups in total. The zero-order valence-electron chi connectivity index (χ0n) is 23.4. The molecule has 202 valence electrons. The summed E-state index contributed by atoms with van der Waals surface area (Å²) in [5.41, 5.74) is 0.957. The number of ether oxygens (including phenoxy) is 1. The molecule has 36 heavy (non-hydrogen) atoms. The van der Waals surface area contributed by atoms with Crippen LogP contribution in [0.25, 0.3) is 6.08 Å². The Labute approximate surface area is 219 Å². The average Bonchev–Trinajstić information content (AvgIpc) is 2.85. The minimum absolute atomic E-state index is 0.0514. The topological polar surface area (TPSA) is 53.1 Å². The van der Waals surface area contributed by atoms with Gasteiger partial charge in [0, 0.05) is 64.2 Å². The van der Waals surface area contributed by atoms with Crippen LogP contribution in [-0.4, -0.2) is 79.4 Å². The second-order valence-corrected chi connectivity index (χ2v) is 11.1. The molecule has 0 aliphatic carbocycles. The summed E-state index contributed by atoms with van der Waals surface area (Å²) in [7, 11) is 1.67. The quantitative estimate of drug-likeness (QED) is 0.318. The van der Waals surface area contributed by atoms with Gasteiger partial charge in [-0.15, -0.1) is 0 Å². The van der Waals surface area contributed by atoms with Gasteiger partial charge in [0.1, 0.15) is 5.75 Å². The van der Waals surface area contributed by atoms with Gasteiger partial charge in [-0.3, -0.25) is 14.5 Å². The lowest BCUT2D eigenvalue weighted by Crippen LogP contribution is -2.50. The molecule has 0 aromatic heterocycles. The number of nitrogens with zero attached hydrogens (tertiary/aromatic N) is 3. The van der Waals surface area contributed by atoms with Crippen molar-refractivity contribution in [3.8, 4) is 5.75 Å². The predicted octanol–water partition coefficient (Wildman–Crippen LogP) is 5.48. The second-order valence-electron chi connectivity index (χ2n) is 11.1. The summed E-state index contributed by atoms with van der Waals surface area (Å²) in [5, 5.41) is 0. The van der Waals surface area contributed by atoms with Crippen molar-refractivity contribution in [3.05, 3.63) is 35.9 Å². The van der Waals surface area contributed by atoms with Crippen molar-refractivity contribution in [2.45, 2.75) is 72.6 Å². The summed E-state index contributed by atoms with van der Waals surface area (Å²) in [6.45, 7) is 13.9. The van der Waals surface area contributed by atoms with Crippen LogP contribution in [0, 0.1) is 5.41 Å². The Bertz CT molecular complexity index is 823. The Hall–Kier alpha value is -2.34. The van der Waals surface area contributed by atoms with Crippen LogP contribution in [0.3, 0.4) is 0 Å². The molecule has 6 nitrogen and oxygen atoms in total. The van der Waals surface area contributed by atoms with Gasteiger partial charge in [-0.2, -0.15) is 0 Å². The highest BCUT2D eigenvalue weighted by Crippen LogP contribution is 2.21. The molecular weight excluding hydrogens is 450 g/mol. The maximum atomic E-state index is 13.1. The number of rotatable bonds is 14. The standard InChI is InChI=1S/C30H49N3O3/c1-6-7-8-9-10-17-28(34)33-23-20-31(21-24-33)19-22-32(29(35)25-30(2,3)4)18-13-15-26-14-11-12-16-27(26)36-5/h11-16H,6-10,17-25H2,1-5H3/b15-13+. The van der Waals surface area contributed by atoms with Gasteiger partial charge in [-0.1, -0.05) is 83.7 Å². The first-order valence-electron chi connectivity index (χ1n) is 13.8. The van der Waals surface area contributed by atoms with E-state index in [1.54, 1.807) is 7.11 Å². The molecule has 1 fully saturated rings. The number of carbonyl (C=O) groups is 2. The van der Waals surface area contributed by atoms with Crippen molar-refractivity contribution in [2.24, 2.45) is 5.41 Å². The third kappa shape index (κ3) is 11.2. The summed E-state index contributed by atoms with van der Waals surface area (Å²) in [5.74, 6) is 1.31. The Morgan fingerprint density at radius 1 is 1.03 bits per heavy atom. The fraction of sp³-hybridized carbons (Fsp3) is 0.667. The molecule has 1 aromatic carbocycles. The molecular formula is C30H49N3O3. The van der Waals surface area contributed by atoms with Crippen molar-refractivity contribution in [2.75, 3.05) is 52.9 Å². The number of methoxy groups -OCH3 is 1. The van der Waals surface area contributed by atoms with Crippen molar-refractivity contribution in [1.82, 2.24) is 14.7 Å². The lowest BCUT2D eigenvalue weighted by molar-refractivity contribution is -0.133. The summed E-state index contributed by atoms with van der Waals surface area (Å²) in [4.78, 5) is 32.0. The van der Waals surface area contributed by atoms with Crippen molar-refractivity contribution in [1.29, 1.82) is 0 Å². The number of amides is 2. The number of unbranched alkanes of at least 4 members (excludes halogenated alkanes) is 4. The van der Waals surface area contributed by atoms with E-state index in [4.69, 9.17) is 4.74 Å². The molecule has 2 rings (SSSR count). The van der Waals surface area contributed by atoms with Crippen LogP contribution in [0.5, 0.6) is 5.75 Å². The van der Waals surface area contributed by atoms with E-state index in [2.05, 4.69) is 38.7 Å². The molecule has 0 atom stereocenters. The van der Waals surface area contributed by atoms with Crippen LogP contribution in [0.15, 0.2) is 30.3 Å². The van der Waals surface area contributed by atoms with Gasteiger partial charge < -0.3 is 14.5 Å². The van der Waals surface area contributed by atoms with E-state index in [1.807, 2.05) is 40.1 Å². The Morgan fingerprint density at radius 2 is 1.72 bits per heavy atom. The molecule has 1 aliphatic heterocycles. The summed E-state index contributed by atoms with van der Waals surface area (Å²) in [6, 6.07) is 7.90. The van der Waals surface area contributed by atoms with E-state index in [1.165, 1.54) is 19.3 Å². The number of benzene rings is 1. The average molecular weight is 500 g/mol. The molecule has 0 unspecified atom stereocenters. The van der Waals surface area contributed by atoms with E-state index in [0.717, 1.165) is 56.9 Å². The second kappa shape index (κ2) is 15.7. The van der Waals surface area contributed by atoms with Crippen LogP contribution in [0.4, 0.5) is 0 Å². The molecule has 1 aromatic rings. The van der Waals surface area contributed by atoms with E-state index >= 15 is 0 Å². The zero-order chi connectivity index (χ0) is 26.4. The number of piperazine rings is 1. The molecule has 0 saturated carbocycles. The summed E-state index contributed by atoms with van der Waals surface area (Å²) >= 11 is 0. The van der Waals surface area contributed by atoms with Crippen LogP contribution in [0.2, 0.25) is 0 Å². The number of hydrogen-bond donors (Lipinski definition) is 0. The molecule has 6 heteroatoms. The first kappa shape index (κ1) is 29.9. The Morgan fingerprint density at radius 3 is 2.39 bits per heavy atom. The van der Waals surface area contributed by atoms with E-state index < -0.39 is 0 Å². The lowest BCUT2D eigenvalue weighted by atomic mass is 9.91. The Balaban J connectivity index is 1.85. The van der Waals surface area contributed by atoms with Gasteiger partial charge >= 0.3 is 0 Å². The van der Waals surface area contributed by atoms with Crippen LogP contribution < -0.4 is 4.74 Å². The molecule has 1 saturated heterocycles. The maximum Gasteiger partial charge on any atom is 0.223 e. The van der Waals surface area contributed by atoms with E-state index in [9.17, 15) is 9.59 Å². The van der Waals surface area contributed by atoms with Crippen molar-refractivity contribution >= 4 is 17.9 Å². The van der Waals surface area contributed by atoms with Gasteiger partial charge in [0.25, 0.3) is 0 Å². The highest BCUT2D eigenvalue weighted by Gasteiger charge is 2.23. The molecule has 0 spiro atoms. The SMILES string of the molecule is CCCCCCCC(=O)N1CCN(CCN(C/C=C/c2ccccc2OC)C(=O)CC(C)(C)C)CC1. The van der Waals surface area contributed by atoms with Gasteiger partial charge in [-0.05, 0) is 17.9 Å². The van der Waals surface area contributed by atoms with Crippen molar-refractivity contribution in [3.63, 3.8) is 0 Å². The minimum atomic E-state index is -0.0514. The fourth-order valence-corrected chi connectivity index (χ4v) is 4.52. The monoisotopic (exact) mass is 499 g/mol.